The van der Waals surface area contributed by atoms with Gasteiger partial charge in [0.25, 0.3) is 5.91 Å². The van der Waals surface area contributed by atoms with E-state index in [-0.39, 0.29) is 24.0 Å². The van der Waals surface area contributed by atoms with E-state index < -0.39 is 0 Å². The van der Waals surface area contributed by atoms with Gasteiger partial charge >= 0.3 is 0 Å². The number of halogens is 1. The number of allylic oxidation sites excluding steroid dienone is 1. The van der Waals surface area contributed by atoms with Gasteiger partial charge in [0.1, 0.15) is 6.61 Å². The van der Waals surface area contributed by atoms with Crippen LogP contribution in [0.4, 0.5) is 0 Å². The number of rotatable bonds is 3. The van der Waals surface area contributed by atoms with Crippen LogP contribution in [0, 0.1) is 0 Å². The number of Topliss-reactive ketones (excluding diaryl/α,β-unsaturated/α-hetero) is 1. The third-order valence-electron chi connectivity index (χ3n) is 2.68. The predicted molar refractivity (Wildman–Crippen MR) is 67.5 cm³/mol. The molecule has 1 aliphatic rings. The summed E-state index contributed by atoms with van der Waals surface area (Å²) in [4.78, 5) is 25.1. The Morgan fingerprint density at radius 1 is 1.33 bits per heavy atom. The van der Waals surface area contributed by atoms with E-state index in [2.05, 4.69) is 6.58 Å². The molecule has 1 amide bonds. The summed E-state index contributed by atoms with van der Waals surface area (Å²) in [6.07, 6.45) is 0. The fraction of sp³-hybridized carbons (Fsp3) is 0.231. The first-order valence-electron chi connectivity index (χ1n) is 5.47. The number of morpholine rings is 1. The summed E-state index contributed by atoms with van der Waals surface area (Å²) in [5.41, 5.74) is 0.634. The Bertz CT molecular complexity index is 495. The third-order valence-corrected chi connectivity index (χ3v) is 2.93. The predicted octanol–water partition coefficient (Wildman–Crippen LogP) is 1.90. The summed E-state index contributed by atoms with van der Waals surface area (Å²) in [5.74, 6) is -0.518. The summed E-state index contributed by atoms with van der Waals surface area (Å²) in [7, 11) is 0. The minimum Gasteiger partial charge on any atom is -0.370 e. The van der Waals surface area contributed by atoms with E-state index in [1.165, 1.54) is 4.90 Å². The van der Waals surface area contributed by atoms with Crippen molar-refractivity contribution in [2.45, 2.75) is 0 Å². The second-order valence-corrected chi connectivity index (χ2v) is 4.32. The molecular formula is C13H12ClNO3. The Hall–Kier alpha value is -1.65. The minimum atomic E-state index is -0.276. The van der Waals surface area contributed by atoms with Crippen LogP contribution in [0.2, 0.25) is 5.02 Å². The monoisotopic (exact) mass is 265 g/mol. The maximum absolute atomic E-state index is 12.1. The molecule has 0 saturated carbocycles. The van der Waals surface area contributed by atoms with Crippen LogP contribution in [0.5, 0.6) is 0 Å². The van der Waals surface area contributed by atoms with Crippen molar-refractivity contribution in [3.05, 3.63) is 47.1 Å². The van der Waals surface area contributed by atoms with Gasteiger partial charge in [0.2, 0.25) is 5.78 Å². The highest BCUT2D eigenvalue weighted by Gasteiger charge is 2.25. The normalized spacial score (nSPS) is 15.6. The fourth-order valence-corrected chi connectivity index (χ4v) is 1.82. The zero-order valence-electron chi connectivity index (χ0n) is 9.69. The maximum Gasteiger partial charge on any atom is 0.253 e. The molecule has 0 unspecified atom stereocenters. The number of amides is 1. The lowest BCUT2D eigenvalue weighted by atomic mass is 10.1. The minimum absolute atomic E-state index is 0.00703. The van der Waals surface area contributed by atoms with E-state index in [1.54, 1.807) is 24.3 Å². The highest BCUT2D eigenvalue weighted by atomic mass is 35.5. The molecule has 18 heavy (non-hydrogen) atoms. The van der Waals surface area contributed by atoms with E-state index in [1.807, 2.05) is 0 Å². The highest BCUT2D eigenvalue weighted by molar-refractivity contribution is 6.30. The second-order valence-electron chi connectivity index (χ2n) is 3.88. The number of carbonyl (C=O) groups is 2. The smallest absolute Gasteiger partial charge is 0.253 e. The number of ketones is 1. The Morgan fingerprint density at radius 2 is 2.00 bits per heavy atom. The largest absolute Gasteiger partial charge is 0.370 e. The number of benzene rings is 1. The lowest BCUT2D eigenvalue weighted by molar-refractivity contribution is -0.139. The van der Waals surface area contributed by atoms with E-state index in [0.29, 0.717) is 23.7 Å². The van der Waals surface area contributed by atoms with Crippen molar-refractivity contribution < 1.29 is 14.3 Å². The summed E-state index contributed by atoms with van der Waals surface area (Å²) in [5, 5.41) is 0.555. The van der Waals surface area contributed by atoms with Crippen molar-refractivity contribution in [3.63, 3.8) is 0 Å². The molecule has 5 heteroatoms. The van der Waals surface area contributed by atoms with Gasteiger partial charge in [-0.1, -0.05) is 18.2 Å². The Balaban J connectivity index is 2.15. The average Bonchev–Trinajstić information content (AvgIpc) is 2.38. The molecule has 1 aromatic carbocycles. The molecular weight excluding hydrogens is 254 g/mol. The number of carbonyl (C=O) groups excluding carboxylic acids is 2. The molecule has 0 spiro atoms. The zero-order valence-corrected chi connectivity index (χ0v) is 10.4. The van der Waals surface area contributed by atoms with Gasteiger partial charge in [0, 0.05) is 17.1 Å². The van der Waals surface area contributed by atoms with Gasteiger partial charge in [0.05, 0.1) is 12.3 Å². The van der Waals surface area contributed by atoms with Crippen molar-refractivity contribution >= 4 is 23.3 Å². The van der Waals surface area contributed by atoms with Gasteiger partial charge < -0.3 is 9.64 Å². The molecule has 94 valence electrons. The van der Waals surface area contributed by atoms with Crippen molar-refractivity contribution in [2.75, 3.05) is 19.8 Å². The van der Waals surface area contributed by atoms with Crippen LogP contribution in [0.15, 0.2) is 36.5 Å². The molecule has 1 heterocycles. The summed E-state index contributed by atoms with van der Waals surface area (Å²) in [6.45, 7) is 4.46. The van der Waals surface area contributed by atoms with Crippen molar-refractivity contribution in [2.24, 2.45) is 0 Å². The van der Waals surface area contributed by atoms with E-state index in [0.717, 1.165) is 0 Å². The number of hydrogen-bond donors (Lipinski definition) is 0. The summed E-state index contributed by atoms with van der Waals surface area (Å²) < 4.78 is 5.00. The molecule has 4 nitrogen and oxygen atoms in total. The molecule has 0 radical (unpaired) electrons. The first-order chi connectivity index (χ1) is 8.59. The van der Waals surface area contributed by atoms with Gasteiger partial charge in [0.15, 0.2) is 0 Å². The van der Waals surface area contributed by atoms with Crippen LogP contribution in [0.3, 0.4) is 0 Å². The quantitative estimate of drug-likeness (QED) is 0.619. The first kappa shape index (κ1) is 12.8. The van der Waals surface area contributed by atoms with Gasteiger partial charge in [-0.15, -0.1) is 0 Å². The van der Waals surface area contributed by atoms with Gasteiger partial charge in [-0.2, -0.15) is 0 Å². The Morgan fingerprint density at radius 3 is 2.61 bits per heavy atom. The van der Waals surface area contributed by atoms with Crippen LogP contribution in [-0.4, -0.2) is 36.3 Å². The first-order valence-corrected chi connectivity index (χ1v) is 5.84. The second kappa shape index (κ2) is 5.33. The van der Waals surface area contributed by atoms with Crippen LogP contribution < -0.4 is 0 Å². The summed E-state index contributed by atoms with van der Waals surface area (Å²) in [6, 6.07) is 6.48. The third kappa shape index (κ3) is 2.60. The molecule has 1 aliphatic heterocycles. The molecule has 1 saturated heterocycles. The Kier molecular flexibility index (Phi) is 3.79. The average molecular weight is 266 g/mol. The molecule has 1 aromatic rings. The van der Waals surface area contributed by atoms with Crippen LogP contribution >= 0.6 is 11.6 Å². The molecule has 0 N–H and O–H groups in total. The standard InChI is InChI=1S/C13H12ClNO3/c1-9(15-6-7-18-8-12(15)16)13(17)10-2-4-11(14)5-3-10/h2-5H,1,6-8H2. The maximum atomic E-state index is 12.1. The van der Waals surface area contributed by atoms with Gasteiger partial charge in [-0.25, -0.2) is 0 Å². The van der Waals surface area contributed by atoms with Crippen LogP contribution in [-0.2, 0) is 9.53 Å². The van der Waals surface area contributed by atoms with E-state index in [4.69, 9.17) is 16.3 Å². The summed E-state index contributed by atoms with van der Waals surface area (Å²) >= 11 is 5.75. The molecule has 0 aromatic heterocycles. The number of nitrogens with zero attached hydrogens (tertiary/aromatic N) is 1. The highest BCUT2D eigenvalue weighted by Crippen LogP contribution is 2.16. The van der Waals surface area contributed by atoms with Crippen LogP contribution in [0.1, 0.15) is 10.4 Å². The molecule has 0 aliphatic carbocycles. The van der Waals surface area contributed by atoms with Crippen LogP contribution in [0.25, 0.3) is 0 Å². The van der Waals surface area contributed by atoms with E-state index >= 15 is 0 Å². The SMILES string of the molecule is C=C(C(=O)c1ccc(Cl)cc1)N1CCOCC1=O. The number of ether oxygens (including phenoxy) is 1. The molecule has 2 rings (SSSR count). The van der Waals surface area contributed by atoms with Crippen molar-refractivity contribution in [1.29, 1.82) is 0 Å². The van der Waals surface area contributed by atoms with Gasteiger partial charge in [-0.3, -0.25) is 9.59 Å². The van der Waals surface area contributed by atoms with E-state index in [9.17, 15) is 9.59 Å². The van der Waals surface area contributed by atoms with Crippen molar-refractivity contribution in [1.82, 2.24) is 4.90 Å². The topological polar surface area (TPSA) is 46.6 Å². The lowest BCUT2D eigenvalue weighted by Crippen LogP contribution is -2.42. The molecule has 1 fully saturated rings. The molecule has 0 atom stereocenters. The zero-order chi connectivity index (χ0) is 13.1. The lowest BCUT2D eigenvalue weighted by Gasteiger charge is -2.27. The molecule has 0 bridgehead atoms. The van der Waals surface area contributed by atoms with Gasteiger partial charge in [-0.05, 0) is 24.3 Å². The van der Waals surface area contributed by atoms with Crippen molar-refractivity contribution in [3.8, 4) is 0 Å². The Labute approximate surface area is 110 Å². The number of hydrogen-bond acceptors (Lipinski definition) is 3. The fourth-order valence-electron chi connectivity index (χ4n) is 1.69.